The molecule has 4 nitrogen and oxygen atoms in total. The summed E-state index contributed by atoms with van der Waals surface area (Å²) in [5.74, 6) is 1.07. The van der Waals surface area contributed by atoms with Gasteiger partial charge in [-0.15, -0.1) is 0 Å². The maximum absolute atomic E-state index is 12.1. The van der Waals surface area contributed by atoms with Crippen LogP contribution in [0, 0.1) is 11.8 Å². The van der Waals surface area contributed by atoms with Gasteiger partial charge in [0, 0.05) is 18.9 Å². The Morgan fingerprint density at radius 2 is 1.75 bits per heavy atom. The summed E-state index contributed by atoms with van der Waals surface area (Å²) in [6.07, 6.45) is 3.96. The summed E-state index contributed by atoms with van der Waals surface area (Å²) in [6.45, 7) is 6.42. The Labute approximate surface area is 145 Å². The molecule has 24 heavy (non-hydrogen) atoms. The van der Waals surface area contributed by atoms with Crippen molar-refractivity contribution in [1.82, 2.24) is 10.6 Å². The molecule has 1 fully saturated rings. The topological polar surface area (TPSA) is 58.2 Å². The molecule has 1 aliphatic rings. The first kappa shape index (κ1) is 18.5. The Kier molecular flexibility index (Phi) is 6.83. The number of hydrogen-bond donors (Lipinski definition) is 2. The van der Waals surface area contributed by atoms with Crippen molar-refractivity contribution in [2.45, 2.75) is 65.0 Å². The average molecular weight is 330 g/mol. The third-order valence-electron chi connectivity index (χ3n) is 5.31. The highest BCUT2D eigenvalue weighted by atomic mass is 16.2. The van der Waals surface area contributed by atoms with Gasteiger partial charge in [-0.3, -0.25) is 9.59 Å². The van der Waals surface area contributed by atoms with Gasteiger partial charge < -0.3 is 10.6 Å². The van der Waals surface area contributed by atoms with E-state index in [1.165, 1.54) is 12.8 Å². The van der Waals surface area contributed by atoms with E-state index in [9.17, 15) is 9.59 Å². The van der Waals surface area contributed by atoms with Gasteiger partial charge in [-0.2, -0.15) is 0 Å². The second-order valence-electron chi connectivity index (χ2n) is 7.14. The molecule has 0 saturated heterocycles. The van der Waals surface area contributed by atoms with Gasteiger partial charge in [-0.1, -0.05) is 57.0 Å². The molecule has 1 aliphatic carbocycles. The minimum Gasteiger partial charge on any atom is -0.353 e. The summed E-state index contributed by atoms with van der Waals surface area (Å²) < 4.78 is 0. The Hall–Kier alpha value is -1.84. The van der Waals surface area contributed by atoms with Gasteiger partial charge in [-0.05, 0) is 30.7 Å². The molecule has 0 aromatic heterocycles. The lowest BCUT2D eigenvalue weighted by atomic mass is 9.78. The number of carbonyl (C=O) groups is 2. The van der Waals surface area contributed by atoms with Crippen molar-refractivity contribution in [3.8, 4) is 0 Å². The second-order valence-corrected chi connectivity index (χ2v) is 7.14. The zero-order valence-corrected chi connectivity index (χ0v) is 15.0. The summed E-state index contributed by atoms with van der Waals surface area (Å²) >= 11 is 0. The molecule has 132 valence electrons. The van der Waals surface area contributed by atoms with Gasteiger partial charge >= 0.3 is 0 Å². The molecule has 0 aliphatic heterocycles. The molecule has 1 aromatic rings. The Morgan fingerprint density at radius 1 is 1.08 bits per heavy atom. The summed E-state index contributed by atoms with van der Waals surface area (Å²) in [4.78, 5) is 24.2. The second kappa shape index (κ2) is 8.86. The van der Waals surface area contributed by atoms with Crippen molar-refractivity contribution in [2.24, 2.45) is 11.8 Å². The molecular formula is C20H30N2O2. The molecule has 1 saturated carbocycles. The first-order chi connectivity index (χ1) is 11.5. The van der Waals surface area contributed by atoms with E-state index in [-0.39, 0.29) is 36.7 Å². The Morgan fingerprint density at radius 3 is 2.46 bits per heavy atom. The molecule has 4 atom stereocenters. The van der Waals surface area contributed by atoms with E-state index in [2.05, 4.69) is 24.5 Å². The van der Waals surface area contributed by atoms with Gasteiger partial charge in [0.1, 0.15) is 0 Å². The molecule has 0 unspecified atom stereocenters. The molecule has 2 amide bonds. The molecule has 0 radical (unpaired) electrons. The van der Waals surface area contributed by atoms with Gasteiger partial charge in [0.2, 0.25) is 11.8 Å². The fraction of sp³-hybridized carbons (Fsp3) is 0.600. The summed E-state index contributed by atoms with van der Waals surface area (Å²) in [6, 6.07) is 10.1. The summed E-state index contributed by atoms with van der Waals surface area (Å²) in [5, 5.41) is 6.07. The van der Waals surface area contributed by atoms with Crippen molar-refractivity contribution in [3.63, 3.8) is 0 Å². The first-order valence-corrected chi connectivity index (χ1v) is 9.11. The molecule has 0 bridgehead atoms. The fourth-order valence-corrected chi connectivity index (χ4v) is 3.43. The van der Waals surface area contributed by atoms with Crippen LogP contribution in [0.3, 0.4) is 0 Å². The minimum absolute atomic E-state index is 0.0107. The minimum atomic E-state index is -0.0773. The Balaban J connectivity index is 1.72. The standard InChI is InChI=1S/C20H30N2O2/c1-14-8-7-11-18(15(14)2)22-20(24)13-12-19(23)21-16(3)17-9-5-4-6-10-17/h4-6,9-10,14-16,18H,7-8,11-13H2,1-3H3,(H,21,23)(H,22,24)/t14-,15-,16-,18+/m0/s1. The lowest BCUT2D eigenvalue weighted by Crippen LogP contribution is -2.44. The number of rotatable bonds is 6. The van der Waals surface area contributed by atoms with E-state index >= 15 is 0 Å². The zero-order chi connectivity index (χ0) is 17.5. The number of nitrogens with one attached hydrogen (secondary N) is 2. The van der Waals surface area contributed by atoms with Crippen LogP contribution in [0.1, 0.15) is 64.5 Å². The van der Waals surface area contributed by atoms with E-state index < -0.39 is 0 Å². The highest BCUT2D eigenvalue weighted by Gasteiger charge is 2.28. The van der Waals surface area contributed by atoms with Crippen molar-refractivity contribution < 1.29 is 9.59 Å². The van der Waals surface area contributed by atoms with E-state index in [1.54, 1.807) is 0 Å². The highest BCUT2D eigenvalue weighted by Crippen LogP contribution is 2.29. The number of carbonyl (C=O) groups excluding carboxylic acids is 2. The van der Waals surface area contributed by atoms with Crippen LogP contribution >= 0.6 is 0 Å². The largest absolute Gasteiger partial charge is 0.353 e. The Bertz CT molecular complexity index is 544. The fourth-order valence-electron chi connectivity index (χ4n) is 3.43. The van der Waals surface area contributed by atoms with Crippen LogP contribution in [0.4, 0.5) is 0 Å². The predicted molar refractivity (Wildman–Crippen MR) is 96.3 cm³/mol. The number of amides is 2. The predicted octanol–water partition coefficient (Wildman–Crippen LogP) is 3.58. The van der Waals surface area contributed by atoms with Crippen molar-refractivity contribution in [3.05, 3.63) is 35.9 Å². The van der Waals surface area contributed by atoms with E-state index in [0.717, 1.165) is 12.0 Å². The van der Waals surface area contributed by atoms with Crippen LogP contribution in [0.2, 0.25) is 0 Å². The third-order valence-corrected chi connectivity index (χ3v) is 5.31. The lowest BCUT2D eigenvalue weighted by Gasteiger charge is -2.34. The van der Waals surface area contributed by atoms with Gasteiger partial charge in [0.15, 0.2) is 0 Å². The summed E-state index contributed by atoms with van der Waals surface area (Å²) in [5.41, 5.74) is 1.07. The van der Waals surface area contributed by atoms with Crippen molar-refractivity contribution in [2.75, 3.05) is 0 Å². The van der Waals surface area contributed by atoms with Crippen LogP contribution in [0.25, 0.3) is 0 Å². The molecule has 0 heterocycles. The highest BCUT2D eigenvalue weighted by molar-refractivity contribution is 5.84. The van der Waals surface area contributed by atoms with Crippen molar-refractivity contribution in [1.29, 1.82) is 0 Å². The van der Waals surface area contributed by atoms with Crippen LogP contribution < -0.4 is 10.6 Å². The first-order valence-electron chi connectivity index (χ1n) is 9.11. The molecule has 2 rings (SSSR count). The van der Waals surface area contributed by atoms with Gasteiger partial charge in [0.25, 0.3) is 0 Å². The monoisotopic (exact) mass is 330 g/mol. The number of benzene rings is 1. The van der Waals surface area contributed by atoms with Gasteiger partial charge in [-0.25, -0.2) is 0 Å². The molecule has 1 aromatic carbocycles. The maximum atomic E-state index is 12.1. The third kappa shape index (κ3) is 5.36. The lowest BCUT2D eigenvalue weighted by molar-refractivity contribution is -0.127. The van der Waals surface area contributed by atoms with Crippen molar-refractivity contribution >= 4 is 11.8 Å². The van der Waals surface area contributed by atoms with E-state index in [4.69, 9.17) is 0 Å². The molecular weight excluding hydrogens is 300 g/mol. The molecule has 4 heteroatoms. The van der Waals surface area contributed by atoms with E-state index in [0.29, 0.717) is 11.8 Å². The van der Waals surface area contributed by atoms with E-state index in [1.807, 2.05) is 37.3 Å². The molecule has 2 N–H and O–H groups in total. The molecule has 0 spiro atoms. The summed E-state index contributed by atoms with van der Waals surface area (Å²) in [7, 11) is 0. The van der Waals surface area contributed by atoms with Crippen LogP contribution in [-0.4, -0.2) is 17.9 Å². The van der Waals surface area contributed by atoms with Crippen LogP contribution in [0.15, 0.2) is 30.3 Å². The van der Waals surface area contributed by atoms with Crippen LogP contribution in [0.5, 0.6) is 0 Å². The quantitative estimate of drug-likeness (QED) is 0.837. The van der Waals surface area contributed by atoms with Gasteiger partial charge in [0.05, 0.1) is 6.04 Å². The zero-order valence-electron chi connectivity index (χ0n) is 15.0. The average Bonchev–Trinajstić information content (AvgIpc) is 2.58. The van der Waals surface area contributed by atoms with Crippen LogP contribution in [-0.2, 0) is 9.59 Å². The smallest absolute Gasteiger partial charge is 0.220 e. The SMILES string of the molecule is C[C@H]1[C@@H](C)CCC[C@H]1NC(=O)CCC(=O)N[C@@H](C)c1ccccc1. The number of hydrogen-bond acceptors (Lipinski definition) is 2. The maximum Gasteiger partial charge on any atom is 0.220 e. The normalized spacial score (nSPS) is 24.9.